The van der Waals surface area contributed by atoms with E-state index in [1.807, 2.05) is 36.4 Å². The maximum absolute atomic E-state index is 11.5. The molecule has 5 nitrogen and oxygen atoms in total. The molecule has 0 saturated heterocycles. The standard InChI is InChI=1S/C19H17NO4S/c1-23-11-15(19(21)22)14-7-3-2-6-13(14)10-24-18-12-25-17-9-5-4-8-16(17)20-18/h2-9,11H,10,12H2,1H3,(H,21,22). The Labute approximate surface area is 150 Å². The summed E-state index contributed by atoms with van der Waals surface area (Å²) in [5.74, 6) is 0.235. The molecule has 0 fully saturated rings. The van der Waals surface area contributed by atoms with Crippen LogP contribution in [-0.4, -0.2) is 29.8 Å². The topological polar surface area (TPSA) is 68.1 Å². The van der Waals surface area contributed by atoms with Gasteiger partial charge in [-0.1, -0.05) is 36.4 Å². The second-order valence-corrected chi connectivity index (χ2v) is 6.30. The molecule has 3 rings (SSSR count). The number of thioether (sulfide) groups is 1. The van der Waals surface area contributed by atoms with E-state index in [1.165, 1.54) is 13.4 Å². The van der Waals surface area contributed by atoms with Gasteiger partial charge in [0.25, 0.3) is 0 Å². The van der Waals surface area contributed by atoms with Crippen molar-refractivity contribution in [3.05, 3.63) is 65.9 Å². The molecule has 0 radical (unpaired) electrons. The molecule has 0 saturated carbocycles. The number of aliphatic imine (C=N–C) groups is 1. The van der Waals surface area contributed by atoms with Gasteiger partial charge < -0.3 is 14.6 Å². The average Bonchev–Trinajstić information content (AvgIpc) is 2.64. The number of rotatable bonds is 5. The summed E-state index contributed by atoms with van der Waals surface area (Å²) in [7, 11) is 1.42. The second kappa shape index (κ2) is 7.90. The average molecular weight is 355 g/mol. The normalized spacial score (nSPS) is 13.6. The number of hydrogen-bond donors (Lipinski definition) is 1. The smallest absolute Gasteiger partial charge is 0.339 e. The SMILES string of the molecule is COC=C(C(=O)O)c1ccccc1COC1=Nc2ccccc2SC1. The maximum atomic E-state index is 11.5. The Morgan fingerprint density at radius 2 is 2.00 bits per heavy atom. The first-order valence-corrected chi connectivity index (χ1v) is 8.64. The molecular weight excluding hydrogens is 338 g/mol. The summed E-state index contributed by atoms with van der Waals surface area (Å²) in [5, 5.41) is 9.39. The van der Waals surface area contributed by atoms with Crippen LogP contribution in [0.1, 0.15) is 11.1 Å². The lowest BCUT2D eigenvalue weighted by Gasteiger charge is -2.16. The van der Waals surface area contributed by atoms with Crippen LogP contribution in [0.5, 0.6) is 0 Å². The number of carboxylic acids is 1. The van der Waals surface area contributed by atoms with Gasteiger partial charge in [-0.3, -0.25) is 0 Å². The summed E-state index contributed by atoms with van der Waals surface area (Å²) < 4.78 is 10.7. The molecule has 0 amide bonds. The number of methoxy groups -OCH3 is 1. The molecule has 1 heterocycles. The van der Waals surface area contributed by atoms with E-state index in [9.17, 15) is 9.90 Å². The molecule has 128 valence electrons. The van der Waals surface area contributed by atoms with E-state index in [0.29, 0.717) is 17.2 Å². The van der Waals surface area contributed by atoms with Crippen molar-refractivity contribution >= 4 is 34.9 Å². The Balaban J connectivity index is 1.80. The van der Waals surface area contributed by atoms with Crippen LogP contribution in [0.4, 0.5) is 5.69 Å². The summed E-state index contributed by atoms with van der Waals surface area (Å²) in [4.78, 5) is 17.1. The molecule has 1 aliphatic heterocycles. The first kappa shape index (κ1) is 17.1. The molecule has 0 spiro atoms. The third-order valence-corrected chi connectivity index (χ3v) is 4.68. The van der Waals surface area contributed by atoms with E-state index >= 15 is 0 Å². The molecule has 6 heteroatoms. The van der Waals surface area contributed by atoms with Crippen LogP contribution in [-0.2, 0) is 20.9 Å². The first-order valence-electron chi connectivity index (χ1n) is 7.65. The lowest BCUT2D eigenvalue weighted by atomic mass is 10.0. The highest BCUT2D eigenvalue weighted by Gasteiger charge is 2.17. The van der Waals surface area contributed by atoms with Crippen LogP contribution >= 0.6 is 11.8 Å². The van der Waals surface area contributed by atoms with E-state index in [0.717, 1.165) is 16.1 Å². The van der Waals surface area contributed by atoms with Gasteiger partial charge in [0.2, 0.25) is 0 Å². The van der Waals surface area contributed by atoms with Gasteiger partial charge in [-0.2, -0.15) is 0 Å². The van der Waals surface area contributed by atoms with Crippen molar-refractivity contribution in [2.45, 2.75) is 11.5 Å². The van der Waals surface area contributed by atoms with Gasteiger partial charge in [0.1, 0.15) is 12.2 Å². The van der Waals surface area contributed by atoms with E-state index < -0.39 is 5.97 Å². The quantitative estimate of drug-likeness (QED) is 0.646. The summed E-state index contributed by atoms with van der Waals surface area (Å²) in [6, 6.07) is 15.1. The van der Waals surface area contributed by atoms with Gasteiger partial charge >= 0.3 is 5.97 Å². The fourth-order valence-corrected chi connectivity index (χ4v) is 3.33. The number of aliphatic carboxylic acids is 1. The van der Waals surface area contributed by atoms with Crippen molar-refractivity contribution in [3.63, 3.8) is 0 Å². The number of carboxylic acid groups (broad SMARTS) is 1. The van der Waals surface area contributed by atoms with Crippen molar-refractivity contribution in [2.75, 3.05) is 12.9 Å². The molecule has 0 aromatic heterocycles. The molecule has 2 aromatic carbocycles. The molecule has 1 N–H and O–H groups in total. The predicted octanol–water partition coefficient (Wildman–Crippen LogP) is 4.11. The lowest BCUT2D eigenvalue weighted by Crippen LogP contribution is -2.12. The molecule has 0 unspecified atom stereocenters. The zero-order chi connectivity index (χ0) is 17.6. The number of hydrogen-bond acceptors (Lipinski definition) is 5. The minimum atomic E-state index is -1.05. The number of para-hydroxylation sites is 1. The second-order valence-electron chi connectivity index (χ2n) is 5.28. The number of fused-ring (bicyclic) bond motifs is 1. The fourth-order valence-electron chi connectivity index (χ4n) is 2.47. The number of carbonyl (C=O) groups is 1. The lowest BCUT2D eigenvalue weighted by molar-refractivity contribution is -0.130. The van der Waals surface area contributed by atoms with Crippen LogP contribution in [0.25, 0.3) is 5.57 Å². The summed E-state index contributed by atoms with van der Waals surface area (Å²) in [5.41, 5.74) is 2.32. The molecular formula is C19H17NO4S. The highest BCUT2D eigenvalue weighted by Crippen LogP contribution is 2.33. The highest BCUT2D eigenvalue weighted by atomic mass is 32.2. The van der Waals surface area contributed by atoms with Crippen molar-refractivity contribution < 1.29 is 19.4 Å². The summed E-state index contributed by atoms with van der Waals surface area (Å²) >= 11 is 1.67. The third kappa shape index (κ3) is 4.03. The van der Waals surface area contributed by atoms with E-state index in [4.69, 9.17) is 9.47 Å². The van der Waals surface area contributed by atoms with Gasteiger partial charge in [-0.25, -0.2) is 9.79 Å². The Morgan fingerprint density at radius 1 is 1.24 bits per heavy atom. The fraction of sp³-hybridized carbons (Fsp3) is 0.158. The van der Waals surface area contributed by atoms with Crippen LogP contribution < -0.4 is 0 Å². The zero-order valence-electron chi connectivity index (χ0n) is 13.6. The van der Waals surface area contributed by atoms with Crippen molar-refractivity contribution in [1.82, 2.24) is 0 Å². The van der Waals surface area contributed by atoms with Gasteiger partial charge in [-0.15, -0.1) is 11.8 Å². The molecule has 0 atom stereocenters. The number of ether oxygens (including phenoxy) is 2. The molecule has 0 bridgehead atoms. The minimum absolute atomic E-state index is 0.0898. The Kier molecular flexibility index (Phi) is 5.40. The molecule has 25 heavy (non-hydrogen) atoms. The first-order chi connectivity index (χ1) is 12.2. The van der Waals surface area contributed by atoms with Crippen LogP contribution in [0.15, 0.2) is 64.7 Å². The number of nitrogens with zero attached hydrogens (tertiary/aromatic N) is 1. The van der Waals surface area contributed by atoms with Gasteiger partial charge in [-0.05, 0) is 23.3 Å². The minimum Gasteiger partial charge on any atom is -0.503 e. The third-order valence-electron chi connectivity index (χ3n) is 3.63. The van der Waals surface area contributed by atoms with Crippen LogP contribution in [0, 0.1) is 0 Å². The van der Waals surface area contributed by atoms with Crippen molar-refractivity contribution in [2.24, 2.45) is 4.99 Å². The largest absolute Gasteiger partial charge is 0.503 e. The Hall–Kier alpha value is -2.73. The van der Waals surface area contributed by atoms with Crippen LogP contribution in [0.2, 0.25) is 0 Å². The predicted molar refractivity (Wildman–Crippen MR) is 98.1 cm³/mol. The van der Waals surface area contributed by atoms with Crippen LogP contribution in [0.3, 0.4) is 0 Å². The van der Waals surface area contributed by atoms with E-state index in [2.05, 4.69) is 4.99 Å². The molecule has 2 aromatic rings. The number of benzene rings is 2. The van der Waals surface area contributed by atoms with Crippen molar-refractivity contribution in [1.29, 1.82) is 0 Å². The summed E-state index contributed by atoms with van der Waals surface area (Å²) in [6.07, 6.45) is 1.23. The van der Waals surface area contributed by atoms with E-state index in [-0.39, 0.29) is 12.2 Å². The molecule has 1 aliphatic rings. The van der Waals surface area contributed by atoms with Crippen molar-refractivity contribution in [3.8, 4) is 0 Å². The highest BCUT2D eigenvalue weighted by molar-refractivity contribution is 8.00. The van der Waals surface area contributed by atoms with Gasteiger partial charge in [0.05, 0.1) is 24.8 Å². The monoisotopic (exact) mass is 355 g/mol. The zero-order valence-corrected chi connectivity index (χ0v) is 14.5. The van der Waals surface area contributed by atoms with Gasteiger partial charge in [0.15, 0.2) is 5.90 Å². The van der Waals surface area contributed by atoms with E-state index in [1.54, 1.807) is 23.9 Å². The Bertz CT molecular complexity index is 845. The molecule has 0 aliphatic carbocycles. The maximum Gasteiger partial charge on any atom is 0.339 e. The van der Waals surface area contributed by atoms with Gasteiger partial charge in [0, 0.05) is 4.90 Å². The summed E-state index contributed by atoms with van der Waals surface area (Å²) in [6.45, 7) is 0.242. The Morgan fingerprint density at radius 3 is 2.80 bits per heavy atom.